The maximum atomic E-state index is 10.3. The summed E-state index contributed by atoms with van der Waals surface area (Å²) in [5.41, 5.74) is 5.71. The topological polar surface area (TPSA) is 38.1 Å². The molecule has 1 N–H and O–H groups in total. The molecule has 4 aromatic rings. The zero-order valence-electron chi connectivity index (χ0n) is 14.8. The van der Waals surface area contributed by atoms with Gasteiger partial charge in [-0.3, -0.25) is 0 Å². The number of hydrogen-bond donors (Lipinski definition) is 1. The van der Waals surface area contributed by atoms with E-state index in [1.54, 1.807) is 6.92 Å². The molecule has 0 aliphatic heterocycles. The summed E-state index contributed by atoms with van der Waals surface area (Å²) in [5, 5.41) is 12.7. The Morgan fingerprint density at radius 2 is 1.72 bits per heavy atom. The average molecular weight is 330 g/mol. The van der Waals surface area contributed by atoms with Crippen molar-refractivity contribution in [3.05, 3.63) is 77.1 Å². The lowest BCUT2D eigenvalue weighted by molar-refractivity contribution is 0.185. The fourth-order valence-electron chi connectivity index (χ4n) is 3.48. The van der Waals surface area contributed by atoms with E-state index >= 15 is 0 Å². The maximum Gasteiger partial charge on any atom is 0.138 e. The van der Waals surface area contributed by atoms with Gasteiger partial charge in [0, 0.05) is 0 Å². The minimum atomic E-state index is -0.608. The molecule has 0 amide bonds. The Bertz CT molecular complexity index is 1070. The molecule has 0 radical (unpaired) electrons. The largest absolute Gasteiger partial charge is 0.385 e. The summed E-state index contributed by atoms with van der Waals surface area (Å²) in [5.74, 6) is 0.716. The van der Waals surface area contributed by atoms with Crippen LogP contribution in [0.2, 0.25) is 0 Å². The van der Waals surface area contributed by atoms with Crippen molar-refractivity contribution < 1.29 is 5.11 Å². The maximum absolute atomic E-state index is 10.3. The van der Waals surface area contributed by atoms with Crippen molar-refractivity contribution in [3.63, 3.8) is 0 Å². The van der Waals surface area contributed by atoms with E-state index in [-0.39, 0.29) is 0 Å². The molecular formula is C22H22N2O. The Morgan fingerprint density at radius 3 is 2.52 bits per heavy atom. The summed E-state index contributed by atoms with van der Waals surface area (Å²) < 4.78 is 2.15. The van der Waals surface area contributed by atoms with Crippen LogP contribution in [0.15, 0.2) is 54.6 Å². The van der Waals surface area contributed by atoms with Gasteiger partial charge in [0.25, 0.3) is 0 Å². The summed E-state index contributed by atoms with van der Waals surface area (Å²) >= 11 is 0. The molecule has 0 fully saturated rings. The Morgan fingerprint density at radius 1 is 1.00 bits per heavy atom. The second-order valence-corrected chi connectivity index (χ2v) is 6.80. The number of rotatable bonds is 3. The van der Waals surface area contributed by atoms with Gasteiger partial charge in [-0.25, -0.2) is 4.98 Å². The number of hydrogen-bond acceptors (Lipinski definition) is 2. The number of fused-ring (bicyclic) bond motifs is 2. The van der Waals surface area contributed by atoms with E-state index in [0.717, 1.165) is 11.0 Å². The van der Waals surface area contributed by atoms with Crippen LogP contribution >= 0.6 is 0 Å². The minimum Gasteiger partial charge on any atom is -0.385 e. The predicted octanol–water partition coefficient (Wildman–Crippen LogP) is 4.91. The van der Waals surface area contributed by atoms with Crippen LogP contribution in [0.3, 0.4) is 0 Å². The van der Waals surface area contributed by atoms with Crippen LogP contribution in [0.5, 0.6) is 0 Å². The molecule has 3 heteroatoms. The van der Waals surface area contributed by atoms with Crippen LogP contribution < -0.4 is 0 Å². The van der Waals surface area contributed by atoms with E-state index in [9.17, 15) is 5.11 Å². The molecule has 25 heavy (non-hydrogen) atoms. The first-order valence-corrected chi connectivity index (χ1v) is 8.66. The van der Waals surface area contributed by atoms with Crippen molar-refractivity contribution >= 4 is 21.8 Å². The zero-order chi connectivity index (χ0) is 17.6. The molecule has 0 saturated heterocycles. The van der Waals surface area contributed by atoms with Gasteiger partial charge in [-0.05, 0) is 60.4 Å². The van der Waals surface area contributed by atoms with Crippen LogP contribution in [-0.4, -0.2) is 14.7 Å². The van der Waals surface area contributed by atoms with E-state index < -0.39 is 6.10 Å². The average Bonchev–Trinajstić information content (AvgIpc) is 2.94. The number of aryl methyl sites for hydroxylation is 2. The van der Waals surface area contributed by atoms with E-state index in [2.05, 4.69) is 73.0 Å². The lowest BCUT2D eigenvalue weighted by atomic mass is 10.0. The van der Waals surface area contributed by atoms with E-state index in [0.29, 0.717) is 12.4 Å². The van der Waals surface area contributed by atoms with Gasteiger partial charge in [-0.1, -0.05) is 42.5 Å². The van der Waals surface area contributed by atoms with Gasteiger partial charge < -0.3 is 9.67 Å². The molecule has 0 aliphatic carbocycles. The van der Waals surface area contributed by atoms with Gasteiger partial charge in [0.1, 0.15) is 11.9 Å². The number of benzene rings is 3. The highest BCUT2D eigenvalue weighted by atomic mass is 16.3. The summed E-state index contributed by atoms with van der Waals surface area (Å²) in [4.78, 5) is 4.70. The molecule has 0 aliphatic rings. The molecule has 0 spiro atoms. The molecule has 0 bridgehead atoms. The predicted molar refractivity (Wildman–Crippen MR) is 103 cm³/mol. The number of aliphatic hydroxyl groups excluding tert-OH is 1. The second-order valence-electron chi connectivity index (χ2n) is 6.80. The Hall–Kier alpha value is -2.65. The number of nitrogens with zero attached hydrogens (tertiary/aromatic N) is 2. The van der Waals surface area contributed by atoms with E-state index in [4.69, 9.17) is 4.98 Å². The summed E-state index contributed by atoms with van der Waals surface area (Å²) in [7, 11) is 0. The molecule has 3 aromatic carbocycles. The van der Waals surface area contributed by atoms with Gasteiger partial charge in [0.2, 0.25) is 0 Å². The molecule has 3 nitrogen and oxygen atoms in total. The molecule has 126 valence electrons. The number of aromatic nitrogens is 2. The Kier molecular flexibility index (Phi) is 3.81. The Labute approximate surface area is 147 Å². The quantitative estimate of drug-likeness (QED) is 0.580. The summed E-state index contributed by atoms with van der Waals surface area (Å²) in [6.45, 7) is 6.69. The lowest BCUT2D eigenvalue weighted by Crippen LogP contribution is -2.08. The van der Waals surface area contributed by atoms with E-state index in [1.165, 1.54) is 27.5 Å². The van der Waals surface area contributed by atoms with Gasteiger partial charge in [-0.2, -0.15) is 0 Å². The van der Waals surface area contributed by atoms with Crippen molar-refractivity contribution in [2.45, 2.75) is 33.4 Å². The summed E-state index contributed by atoms with van der Waals surface area (Å²) in [6.07, 6.45) is -0.608. The van der Waals surface area contributed by atoms with Crippen molar-refractivity contribution in [2.75, 3.05) is 0 Å². The van der Waals surface area contributed by atoms with Crippen molar-refractivity contribution in [1.82, 2.24) is 9.55 Å². The van der Waals surface area contributed by atoms with Crippen LogP contribution in [0, 0.1) is 13.8 Å². The van der Waals surface area contributed by atoms with Crippen LogP contribution in [0.4, 0.5) is 0 Å². The van der Waals surface area contributed by atoms with Crippen molar-refractivity contribution in [2.24, 2.45) is 0 Å². The number of imidazole rings is 1. The molecule has 1 atom stereocenters. The molecule has 1 aromatic heterocycles. The van der Waals surface area contributed by atoms with Gasteiger partial charge >= 0.3 is 0 Å². The minimum absolute atomic E-state index is 0.608. The smallest absolute Gasteiger partial charge is 0.138 e. The number of aliphatic hydroxyl groups is 1. The summed E-state index contributed by atoms with van der Waals surface area (Å²) in [6, 6.07) is 19.1. The van der Waals surface area contributed by atoms with E-state index in [1.807, 2.05) is 0 Å². The monoisotopic (exact) mass is 330 g/mol. The molecule has 0 saturated carbocycles. The molecule has 4 rings (SSSR count). The van der Waals surface area contributed by atoms with Crippen molar-refractivity contribution in [3.8, 4) is 0 Å². The highest BCUT2D eigenvalue weighted by Crippen LogP contribution is 2.27. The third-order valence-corrected chi connectivity index (χ3v) is 4.98. The SMILES string of the molecule is Cc1cc2nc(C(C)O)n(Cc3cccc4ccccc34)c2cc1C. The first-order valence-electron chi connectivity index (χ1n) is 8.66. The second kappa shape index (κ2) is 6.01. The zero-order valence-corrected chi connectivity index (χ0v) is 14.8. The third kappa shape index (κ3) is 2.71. The molecule has 1 unspecified atom stereocenters. The molecule has 1 heterocycles. The highest BCUT2D eigenvalue weighted by Gasteiger charge is 2.16. The fraction of sp³-hybridized carbons (Fsp3) is 0.227. The normalized spacial score (nSPS) is 12.8. The van der Waals surface area contributed by atoms with Gasteiger partial charge in [0.05, 0.1) is 17.6 Å². The van der Waals surface area contributed by atoms with Crippen LogP contribution in [-0.2, 0) is 6.54 Å². The van der Waals surface area contributed by atoms with Crippen LogP contribution in [0.1, 0.15) is 35.5 Å². The highest BCUT2D eigenvalue weighted by molar-refractivity contribution is 5.86. The first-order chi connectivity index (χ1) is 12.0. The lowest BCUT2D eigenvalue weighted by Gasteiger charge is -2.13. The fourth-order valence-corrected chi connectivity index (χ4v) is 3.48. The third-order valence-electron chi connectivity index (χ3n) is 4.98. The van der Waals surface area contributed by atoms with Crippen molar-refractivity contribution in [1.29, 1.82) is 0 Å². The van der Waals surface area contributed by atoms with Gasteiger partial charge in [0.15, 0.2) is 0 Å². The standard InChI is InChI=1S/C22H22N2O/c1-14-11-20-21(12-15(14)2)24(22(23-20)16(3)25)13-18-9-6-8-17-7-4-5-10-19(17)18/h4-12,16,25H,13H2,1-3H3. The van der Waals surface area contributed by atoms with Gasteiger partial charge in [-0.15, -0.1) is 0 Å². The van der Waals surface area contributed by atoms with Crippen LogP contribution in [0.25, 0.3) is 21.8 Å². The first kappa shape index (κ1) is 15.9. The Balaban J connectivity index is 1.93. The molecular weight excluding hydrogens is 308 g/mol.